The molecule has 4 heteroatoms. The molecule has 0 saturated carbocycles. The highest BCUT2D eigenvalue weighted by molar-refractivity contribution is 5.85. The monoisotopic (exact) mass is 250 g/mol. The number of rotatable bonds is 8. The summed E-state index contributed by atoms with van der Waals surface area (Å²) in [6.45, 7) is 7.75. The number of hydrogen-bond acceptors (Lipinski definition) is 2. The molecule has 0 spiro atoms. The Hall–Kier alpha value is -0.280. The quantitative estimate of drug-likeness (QED) is 0.673. The van der Waals surface area contributed by atoms with E-state index in [1.807, 2.05) is 11.8 Å². The number of amides is 1. The van der Waals surface area contributed by atoms with E-state index in [1.165, 1.54) is 0 Å². The third-order valence-corrected chi connectivity index (χ3v) is 2.63. The maximum absolute atomic E-state index is 11.7. The normalized spacial score (nSPS) is 10.1. The summed E-state index contributed by atoms with van der Waals surface area (Å²) in [6, 6.07) is 0.326. The van der Waals surface area contributed by atoms with Crippen LogP contribution in [-0.4, -0.2) is 29.9 Å². The van der Waals surface area contributed by atoms with Crippen LogP contribution in [-0.2, 0) is 4.79 Å². The van der Waals surface area contributed by atoms with E-state index in [0.29, 0.717) is 18.4 Å². The first-order valence-electron chi connectivity index (χ1n) is 6.13. The van der Waals surface area contributed by atoms with Gasteiger partial charge in [0.05, 0.1) is 0 Å². The molecule has 0 radical (unpaired) electrons. The molecule has 3 nitrogen and oxygen atoms in total. The lowest BCUT2D eigenvalue weighted by molar-refractivity contribution is -0.132. The zero-order chi connectivity index (χ0) is 11.7. The minimum Gasteiger partial charge on any atom is -0.341 e. The Morgan fingerprint density at radius 2 is 1.75 bits per heavy atom. The van der Waals surface area contributed by atoms with Crippen molar-refractivity contribution in [1.29, 1.82) is 0 Å². The lowest BCUT2D eigenvalue weighted by atomic mass is 10.1. The topological polar surface area (TPSA) is 46.3 Å². The lowest BCUT2D eigenvalue weighted by Gasteiger charge is -2.25. The fourth-order valence-electron chi connectivity index (χ4n) is 1.75. The largest absolute Gasteiger partial charge is 0.341 e. The van der Waals surface area contributed by atoms with Crippen molar-refractivity contribution in [3.8, 4) is 0 Å². The van der Waals surface area contributed by atoms with Gasteiger partial charge in [-0.15, -0.1) is 12.4 Å². The highest BCUT2D eigenvalue weighted by Crippen LogP contribution is 2.07. The van der Waals surface area contributed by atoms with E-state index < -0.39 is 0 Å². The highest BCUT2D eigenvalue weighted by atomic mass is 35.5. The van der Waals surface area contributed by atoms with Crippen molar-refractivity contribution in [3.05, 3.63) is 0 Å². The van der Waals surface area contributed by atoms with E-state index >= 15 is 0 Å². The van der Waals surface area contributed by atoms with Crippen LogP contribution in [0.4, 0.5) is 0 Å². The molecule has 0 fully saturated rings. The molecule has 0 aliphatic rings. The van der Waals surface area contributed by atoms with Gasteiger partial charge in [0.25, 0.3) is 0 Å². The van der Waals surface area contributed by atoms with E-state index in [1.54, 1.807) is 0 Å². The SMILES string of the molecule is CCN(C(=O)CCCCCCN)C(C)C.Cl. The summed E-state index contributed by atoms with van der Waals surface area (Å²) in [7, 11) is 0. The summed E-state index contributed by atoms with van der Waals surface area (Å²) in [4.78, 5) is 13.7. The molecular weight excluding hydrogens is 224 g/mol. The third kappa shape index (κ3) is 7.94. The zero-order valence-corrected chi connectivity index (χ0v) is 11.7. The summed E-state index contributed by atoms with van der Waals surface area (Å²) in [5.41, 5.74) is 5.40. The number of halogens is 1. The van der Waals surface area contributed by atoms with Crippen molar-refractivity contribution in [2.45, 2.75) is 58.9 Å². The molecule has 1 amide bonds. The molecule has 0 aromatic rings. The van der Waals surface area contributed by atoms with Gasteiger partial charge in [-0.2, -0.15) is 0 Å². The number of nitrogens with zero attached hydrogens (tertiary/aromatic N) is 1. The van der Waals surface area contributed by atoms with Crippen LogP contribution < -0.4 is 5.73 Å². The molecule has 0 bridgehead atoms. The average molecular weight is 251 g/mol. The molecule has 0 unspecified atom stereocenters. The van der Waals surface area contributed by atoms with Crippen molar-refractivity contribution in [2.24, 2.45) is 5.73 Å². The van der Waals surface area contributed by atoms with Gasteiger partial charge >= 0.3 is 0 Å². The molecule has 0 aromatic heterocycles. The van der Waals surface area contributed by atoms with Crippen LogP contribution in [0.15, 0.2) is 0 Å². The first-order valence-corrected chi connectivity index (χ1v) is 6.13. The van der Waals surface area contributed by atoms with Crippen LogP contribution in [0.25, 0.3) is 0 Å². The van der Waals surface area contributed by atoms with Gasteiger partial charge in [-0.3, -0.25) is 4.79 Å². The number of carbonyl (C=O) groups excluding carboxylic acids is 1. The van der Waals surface area contributed by atoms with E-state index in [-0.39, 0.29) is 12.4 Å². The Kier molecular flexibility index (Phi) is 12.7. The number of unbranched alkanes of at least 4 members (excludes halogenated alkanes) is 3. The Labute approximate surface area is 106 Å². The fourth-order valence-corrected chi connectivity index (χ4v) is 1.75. The Morgan fingerprint density at radius 1 is 1.19 bits per heavy atom. The minimum atomic E-state index is 0. The summed E-state index contributed by atoms with van der Waals surface area (Å²) >= 11 is 0. The van der Waals surface area contributed by atoms with Crippen LogP contribution in [0.5, 0.6) is 0 Å². The minimum absolute atomic E-state index is 0. The lowest BCUT2D eigenvalue weighted by Crippen LogP contribution is -2.36. The molecule has 16 heavy (non-hydrogen) atoms. The van der Waals surface area contributed by atoms with Crippen LogP contribution in [0.3, 0.4) is 0 Å². The smallest absolute Gasteiger partial charge is 0.222 e. The molecule has 98 valence electrons. The van der Waals surface area contributed by atoms with E-state index in [2.05, 4.69) is 13.8 Å². The van der Waals surface area contributed by atoms with Crippen molar-refractivity contribution in [1.82, 2.24) is 4.90 Å². The molecule has 0 aromatic carbocycles. The van der Waals surface area contributed by atoms with Crippen LogP contribution >= 0.6 is 12.4 Å². The Morgan fingerprint density at radius 3 is 2.19 bits per heavy atom. The molecule has 0 heterocycles. The number of nitrogens with two attached hydrogens (primary N) is 1. The maximum atomic E-state index is 11.7. The second-order valence-corrected chi connectivity index (χ2v) is 4.23. The molecule has 0 rings (SSSR count). The first kappa shape index (κ1) is 18.1. The van der Waals surface area contributed by atoms with E-state index in [4.69, 9.17) is 5.73 Å². The van der Waals surface area contributed by atoms with Crippen LogP contribution in [0.1, 0.15) is 52.9 Å². The predicted octanol–water partition coefficient (Wildman–Crippen LogP) is 2.57. The zero-order valence-electron chi connectivity index (χ0n) is 10.9. The third-order valence-electron chi connectivity index (χ3n) is 2.63. The van der Waals surface area contributed by atoms with Crippen molar-refractivity contribution in [3.63, 3.8) is 0 Å². The van der Waals surface area contributed by atoms with Crippen molar-refractivity contribution >= 4 is 18.3 Å². The van der Waals surface area contributed by atoms with Crippen LogP contribution in [0.2, 0.25) is 0 Å². The van der Waals surface area contributed by atoms with Gasteiger partial charge < -0.3 is 10.6 Å². The Balaban J connectivity index is 0. The standard InChI is InChI=1S/C12H26N2O.ClH/c1-4-14(11(2)3)12(15)9-7-5-6-8-10-13;/h11H,4-10,13H2,1-3H3;1H. The second-order valence-electron chi connectivity index (χ2n) is 4.23. The number of carbonyl (C=O) groups is 1. The van der Waals surface area contributed by atoms with E-state index in [9.17, 15) is 4.79 Å². The van der Waals surface area contributed by atoms with Gasteiger partial charge in [0.1, 0.15) is 0 Å². The molecule has 0 saturated heterocycles. The van der Waals surface area contributed by atoms with Gasteiger partial charge in [-0.25, -0.2) is 0 Å². The highest BCUT2D eigenvalue weighted by Gasteiger charge is 2.13. The number of hydrogen-bond donors (Lipinski definition) is 1. The average Bonchev–Trinajstić information content (AvgIpc) is 2.18. The van der Waals surface area contributed by atoms with Crippen LogP contribution in [0, 0.1) is 0 Å². The summed E-state index contributed by atoms with van der Waals surface area (Å²) in [5, 5.41) is 0. The molecular formula is C12H27ClN2O. The molecule has 0 aliphatic carbocycles. The van der Waals surface area contributed by atoms with Crippen molar-refractivity contribution < 1.29 is 4.79 Å². The maximum Gasteiger partial charge on any atom is 0.222 e. The van der Waals surface area contributed by atoms with Crippen molar-refractivity contribution in [2.75, 3.05) is 13.1 Å². The van der Waals surface area contributed by atoms with Gasteiger partial charge in [-0.05, 0) is 40.2 Å². The van der Waals surface area contributed by atoms with Gasteiger partial charge in [-0.1, -0.05) is 12.8 Å². The summed E-state index contributed by atoms with van der Waals surface area (Å²) in [5.74, 6) is 0.292. The molecule has 0 atom stereocenters. The molecule has 2 N–H and O–H groups in total. The fraction of sp³-hybridized carbons (Fsp3) is 0.917. The van der Waals surface area contributed by atoms with Gasteiger partial charge in [0.15, 0.2) is 0 Å². The van der Waals surface area contributed by atoms with Gasteiger partial charge in [0, 0.05) is 19.0 Å². The first-order chi connectivity index (χ1) is 7.13. The van der Waals surface area contributed by atoms with E-state index in [0.717, 1.165) is 38.8 Å². The Bertz CT molecular complexity index is 174. The van der Waals surface area contributed by atoms with Gasteiger partial charge in [0.2, 0.25) is 5.91 Å². The predicted molar refractivity (Wildman–Crippen MR) is 71.9 cm³/mol. The molecule has 0 aliphatic heterocycles. The summed E-state index contributed by atoms with van der Waals surface area (Å²) < 4.78 is 0. The second kappa shape index (κ2) is 11.2. The summed E-state index contributed by atoms with van der Waals surface area (Å²) in [6.07, 6.45) is 5.05.